The number of carbonyl (C=O) groups excluding carboxylic acids is 1. The lowest BCUT2D eigenvalue weighted by atomic mass is 10.1. The number of rotatable bonds is 7. The van der Waals surface area contributed by atoms with Gasteiger partial charge in [-0.3, -0.25) is 4.79 Å². The lowest BCUT2D eigenvalue weighted by molar-refractivity contribution is -0.130. The Kier molecular flexibility index (Phi) is 9.90. The molecular weight excluding hydrogens is 511 g/mol. The van der Waals surface area contributed by atoms with Gasteiger partial charge in [0, 0.05) is 38.1 Å². The minimum absolute atomic E-state index is 0. The number of benzene rings is 1. The lowest BCUT2D eigenvalue weighted by Gasteiger charge is -2.27. The summed E-state index contributed by atoms with van der Waals surface area (Å²) < 4.78 is 5.50. The van der Waals surface area contributed by atoms with E-state index in [1.54, 1.807) is 11.3 Å². The maximum absolute atomic E-state index is 12.7. The Morgan fingerprint density at radius 1 is 1.27 bits per heavy atom. The Morgan fingerprint density at radius 3 is 2.73 bits per heavy atom. The Morgan fingerprint density at radius 2 is 2.03 bits per heavy atom. The highest BCUT2D eigenvalue weighted by atomic mass is 127. The van der Waals surface area contributed by atoms with E-state index in [-0.39, 0.29) is 36.4 Å². The summed E-state index contributed by atoms with van der Waals surface area (Å²) in [6.45, 7) is 7.77. The number of thiophene rings is 1. The number of aliphatic imine (C=N–C) groups is 1. The van der Waals surface area contributed by atoms with Gasteiger partial charge in [-0.25, -0.2) is 4.99 Å². The highest BCUT2D eigenvalue weighted by Gasteiger charge is 2.21. The summed E-state index contributed by atoms with van der Waals surface area (Å²) in [5.74, 6) is 1.69. The number of carbonyl (C=O) groups is 1. The van der Waals surface area contributed by atoms with Crippen LogP contribution in [0.5, 0.6) is 5.75 Å². The number of hydrogen-bond donors (Lipinski definition) is 1. The summed E-state index contributed by atoms with van der Waals surface area (Å²) in [4.78, 5) is 22.6. The van der Waals surface area contributed by atoms with Gasteiger partial charge in [-0.2, -0.15) is 0 Å². The first-order valence-electron chi connectivity index (χ1n) is 10.1. The van der Waals surface area contributed by atoms with Gasteiger partial charge in [-0.05, 0) is 55.0 Å². The second-order valence-corrected chi connectivity index (χ2v) is 8.04. The molecule has 164 valence electrons. The van der Waals surface area contributed by atoms with E-state index >= 15 is 0 Å². The van der Waals surface area contributed by atoms with Crippen LogP contribution >= 0.6 is 35.3 Å². The fourth-order valence-corrected chi connectivity index (χ4v) is 4.27. The molecule has 0 fully saturated rings. The van der Waals surface area contributed by atoms with Crippen LogP contribution in [0, 0.1) is 0 Å². The Hall–Kier alpha value is -1.81. The zero-order chi connectivity index (χ0) is 20.6. The monoisotopic (exact) mass is 542 g/mol. The standard InChI is InChI=1S/C22H30N4O2S.HI/c1-4-23-22(25(3)15-17-6-8-19(9-7-17)28-5-2)24-14-21(27)26-12-10-20-18(16-26)11-13-29-20;/h6-9,11,13H,4-5,10,12,14-16H2,1-3H3,(H,23,24);1H. The molecule has 3 rings (SSSR count). The van der Waals surface area contributed by atoms with Gasteiger partial charge in [0.05, 0.1) is 6.61 Å². The van der Waals surface area contributed by atoms with Crippen LogP contribution in [0.15, 0.2) is 40.7 Å². The molecule has 1 N–H and O–H groups in total. The van der Waals surface area contributed by atoms with Crippen molar-refractivity contribution in [2.24, 2.45) is 4.99 Å². The van der Waals surface area contributed by atoms with Gasteiger partial charge in [-0.1, -0.05) is 12.1 Å². The molecule has 1 aromatic heterocycles. The largest absolute Gasteiger partial charge is 0.494 e. The van der Waals surface area contributed by atoms with Crippen molar-refractivity contribution in [3.63, 3.8) is 0 Å². The van der Waals surface area contributed by atoms with E-state index in [2.05, 4.69) is 33.9 Å². The van der Waals surface area contributed by atoms with Crippen molar-refractivity contribution in [2.75, 3.05) is 33.3 Å². The van der Waals surface area contributed by atoms with E-state index in [4.69, 9.17) is 4.74 Å². The second kappa shape index (κ2) is 12.1. The number of hydrogen-bond acceptors (Lipinski definition) is 4. The smallest absolute Gasteiger partial charge is 0.244 e. The molecule has 6 nitrogen and oxygen atoms in total. The number of nitrogens with one attached hydrogen (secondary N) is 1. The Balaban J connectivity index is 0.00000320. The van der Waals surface area contributed by atoms with Crippen molar-refractivity contribution in [1.82, 2.24) is 15.1 Å². The second-order valence-electron chi connectivity index (χ2n) is 7.04. The Labute approximate surface area is 200 Å². The zero-order valence-electron chi connectivity index (χ0n) is 17.9. The van der Waals surface area contributed by atoms with Crippen LogP contribution in [0.25, 0.3) is 0 Å². The minimum atomic E-state index is 0. The third-order valence-electron chi connectivity index (χ3n) is 4.88. The van der Waals surface area contributed by atoms with Crippen molar-refractivity contribution in [3.8, 4) is 5.75 Å². The molecular formula is C22H31IN4O2S. The number of ether oxygens (including phenoxy) is 1. The van der Waals surface area contributed by atoms with Gasteiger partial charge in [0.2, 0.25) is 5.91 Å². The van der Waals surface area contributed by atoms with Gasteiger partial charge >= 0.3 is 0 Å². The quantitative estimate of drug-likeness (QED) is 0.329. The first-order chi connectivity index (χ1) is 14.1. The molecule has 0 atom stereocenters. The molecule has 30 heavy (non-hydrogen) atoms. The highest BCUT2D eigenvalue weighted by Crippen LogP contribution is 2.24. The molecule has 0 radical (unpaired) electrons. The molecule has 0 saturated carbocycles. The maximum Gasteiger partial charge on any atom is 0.244 e. The van der Waals surface area contributed by atoms with Crippen LogP contribution in [-0.4, -0.2) is 55.0 Å². The van der Waals surface area contributed by atoms with Crippen molar-refractivity contribution in [1.29, 1.82) is 0 Å². The Bertz CT molecular complexity index is 838. The van der Waals surface area contributed by atoms with Crippen LogP contribution < -0.4 is 10.1 Å². The molecule has 0 aliphatic carbocycles. The summed E-state index contributed by atoms with van der Waals surface area (Å²) in [7, 11) is 1.99. The van der Waals surface area contributed by atoms with E-state index in [1.165, 1.54) is 10.4 Å². The molecule has 1 aliphatic heterocycles. The van der Waals surface area contributed by atoms with E-state index in [1.807, 2.05) is 42.8 Å². The van der Waals surface area contributed by atoms with Gasteiger partial charge in [0.25, 0.3) is 0 Å². The first kappa shape index (κ1) is 24.5. The van der Waals surface area contributed by atoms with Crippen LogP contribution in [0.2, 0.25) is 0 Å². The average Bonchev–Trinajstić information content (AvgIpc) is 3.20. The van der Waals surface area contributed by atoms with E-state index in [0.717, 1.165) is 36.8 Å². The molecule has 0 saturated heterocycles. The van der Waals surface area contributed by atoms with Crippen LogP contribution in [0.4, 0.5) is 0 Å². The zero-order valence-corrected chi connectivity index (χ0v) is 21.0. The molecule has 2 aromatic rings. The molecule has 1 aliphatic rings. The summed E-state index contributed by atoms with van der Waals surface area (Å²) in [5.41, 5.74) is 2.44. The number of amides is 1. The number of guanidine groups is 1. The number of nitrogens with zero attached hydrogens (tertiary/aromatic N) is 3. The van der Waals surface area contributed by atoms with Crippen molar-refractivity contribution < 1.29 is 9.53 Å². The average molecular weight is 542 g/mol. The molecule has 1 amide bonds. The topological polar surface area (TPSA) is 57.2 Å². The number of halogens is 1. The van der Waals surface area contributed by atoms with E-state index in [0.29, 0.717) is 19.7 Å². The summed E-state index contributed by atoms with van der Waals surface area (Å²) >= 11 is 1.78. The fourth-order valence-electron chi connectivity index (χ4n) is 3.38. The fraction of sp³-hybridized carbons (Fsp3) is 0.455. The van der Waals surface area contributed by atoms with Gasteiger partial charge < -0.3 is 19.9 Å². The maximum atomic E-state index is 12.7. The minimum Gasteiger partial charge on any atom is -0.494 e. The normalized spacial score (nSPS) is 13.3. The third kappa shape index (κ3) is 6.60. The molecule has 0 bridgehead atoms. The summed E-state index contributed by atoms with van der Waals surface area (Å²) in [6, 6.07) is 10.2. The predicted molar refractivity (Wildman–Crippen MR) is 134 cm³/mol. The van der Waals surface area contributed by atoms with Crippen LogP contribution in [0.3, 0.4) is 0 Å². The molecule has 0 spiro atoms. The molecule has 0 unspecified atom stereocenters. The van der Waals surface area contributed by atoms with Crippen molar-refractivity contribution in [3.05, 3.63) is 51.7 Å². The molecule has 8 heteroatoms. The third-order valence-corrected chi connectivity index (χ3v) is 5.90. The molecule has 1 aromatic carbocycles. The van der Waals surface area contributed by atoms with Crippen LogP contribution in [0.1, 0.15) is 29.9 Å². The summed E-state index contributed by atoms with van der Waals surface area (Å²) in [6.07, 6.45) is 0.945. The lowest BCUT2D eigenvalue weighted by Crippen LogP contribution is -2.41. The van der Waals surface area contributed by atoms with Gasteiger partial charge in [0.15, 0.2) is 5.96 Å². The molecule has 2 heterocycles. The van der Waals surface area contributed by atoms with E-state index in [9.17, 15) is 4.79 Å². The van der Waals surface area contributed by atoms with E-state index < -0.39 is 0 Å². The van der Waals surface area contributed by atoms with Crippen LogP contribution in [-0.2, 0) is 24.3 Å². The summed E-state index contributed by atoms with van der Waals surface area (Å²) in [5, 5.41) is 5.39. The SMILES string of the molecule is CCNC(=NCC(=O)N1CCc2sccc2C1)N(C)Cc1ccc(OCC)cc1.I. The van der Waals surface area contributed by atoms with Crippen molar-refractivity contribution >= 4 is 47.2 Å². The predicted octanol–water partition coefficient (Wildman–Crippen LogP) is 3.75. The highest BCUT2D eigenvalue weighted by molar-refractivity contribution is 14.0. The van der Waals surface area contributed by atoms with Gasteiger partial charge in [-0.15, -0.1) is 35.3 Å². The van der Waals surface area contributed by atoms with Crippen molar-refractivity contribution in [2.45, 2.75) is 33.4 Å². The first-order valence-corrected chi connectivity index (χ1v) is 11.0. The van der Waals surface area contributed by atoms with Gasteiger partial charge in [0.1, 0.15) is 12.3 Å². The number of fused-ring (bicyclic) bond motifs is 1.